The highest BCUT2D eigenvalue weighted by atomic mass is 35.5. The summed E-state index contributed by atoms with van der Waals surface area (Å²) < 4.78 is 10.5. The third-order valence-electron chi connectivity index (χ3n) is 2.90. The normalized spacial score (nSPS) is 10.3. The van der Waals surface area contributed by atoms with Crippen molar-refractivity contribution >= 4 is 29.2 Å². The van der Waals surface area contributed by atoms with Crippen LogP contribution in [0.4, 0.5) is 5.69 Å². The average molecular weight is 348 g/mol. The molecule has 1 N–H and O–H groups in total. The summed E-state index contributed by atoms with van der Waals surface area (Å²) in [7, 11) is 0. The van der Waals surface area contributed by atoms with Crippen molar-refractivity contribution in [2.24, 2.45) is 0 Å². The summed E-state index contributed by atoms with van der Waals surface area (Å²) in [6, 6.07) is 13.3. The van der Waals surface area contributed by atoms with Gasteiger partial charge in [0.05, 0.1) is 11.7 Å². The molecule has 24 heavy (non-hydrogen) atoms. The summed E-state index contributed by atoms with van der Waals surface area (Å²) in [6.45, 7) is 3.46. The van der Waals surface area contributed by atoms with Gasteiger partial charge in [0.15, 0.2) is 6.61 Å². The fourth-order valence-corrected chi connectivity index (χ4v) is 2.11. The van der Waals surface area contributed by atoms with Gasteiger partial charge in [-0.25, -0.2) is 4.79 Å². The van der Waals surface area contributed by atoms with E-state index in [1.54, 1.807) is 48.5 Å². The number of nitrogens with one attached hydrogen (secondary N) is 1. The van der Waals surface area contributed by atoms with Crippen molar-refractivity contribution in [1.82, 2.24) is 0 Å². The minimum absolute atomic E-state index is 0.0537. The lowest BCUT2D eigenvalue weighted by Crippen LogP contribution is -2.20. The number of benzene rings is 2. The van der Waals surface area contributed by atoms with Crippen LogP contribution in [0, 0.1) is 0 Å². The molecule has 0 aliphatic carbocycles. The van der Waals surface area contributed by atoms with E-state index in [9.17, 15) is 9.59 Å². The van der Waals surface area contributed by atoms with Crippen molar-refractivity contribution in [2.45, 2.75) is 20.0 Å². The predicted octanol–water partition coefficient (Wildman–Crippen LogP) is 3.92. The van der Waals surface area contributed by atoms with Crippen LogP contribution in [0.2, 0.25) is 5.02 Å². The summed E-state index contributed by atoms with van der Waals surface area (Å²) >= 11 is 5.83. The number of esters is 1. The predicted molar refractivity (Wildman–Crippen MR) is 92.6 cm³/mol. The number of amides is 1. The van der Waals surface area contributed by atoms with Gasteiger partial charge < -0.3 is 14.8 Å². The second kappa shape index (κ2) is 8.36. The molecule has 2 aromatic carbocycles. The van der Waals surface area contributed by atoms with E-state index in [1.807, 2.05) is 13.8 Å². The summed E-state index contributed by atoms with van der Waals surface area (Å²) in [4.78, 5) is 23.7. The van der Waals surface area contributed by atoms with E-state index in [4.69, 9.17) is 21.1 Å². The van der Waals surface area contributed by atoms with Gasteiger partial charge in [-0.15, -0.1) is 0 Å². The van der Waals surface area contributed by atoms with E-state index in [1.165, 1.54) is 0 Å². The lowest BCUT2D eigenvalue weighted by molar-refractivity contribution is -0.119. The molecule has 5 nitrogen and oxygen atoms in total. The number of hydrogen-bond acceptors (Lipinski definition) is 4. The second-order valence-corrected chi connectivity index (χ2v) is 5.76. The molecule has 0 unspecified atom stereocenters. The molecule has 0 saturated heterocycles. The molecule has 0 spiro atoms. The Kier molecular flexibility index (Phi) is 6.21. The topological polar surface area (TPSA) is 64.6 Å². The van der Waals surface area contributed by atoms with Gasteiger partial charge in [-0.2, -0.15) is 0 Å². The minimum Gasteiger partial charge on any atom is -0.491 e. The maximum Gasteiger partial charge on any atom is 0.338 e. The van der Waals surface area contributed by atoms with E-state index in [0.717, 1.165) is 0 Å². The van der Waals surface area contributed by atoms with Crippen molar-refractivity contribution in [3.8, 4) is 5.75 Å². The maximum atomic E-state index is 11.9. The number of anilines is 1. The highest BCUT2D eigenvalue weighted by Gasteiger charge is 2.11. The Morgan fingerprint density at radius 2 is 1.83 bits per heavy atom. The SMILES string of the molecule is CC(C)Oc1ccc(C(=O)OCC(=O)Nc2cccc(Cl)c2)cc1. The van der Waals surface area contributed by atoms with E-state index in [0.29, 0.717) is 22.0 Å². The first-order valence-electron chi connectivity index (χ1n) is 7.43. The van der Waals surface area contributed by atoms with Crippen LogP contribution in [0.1, 0.15) is 24.2 Å². The number of carbonyl (C=O) groups is 2. The van der Waals surface area contributed by atoms with Gasteiger partial charge in [0, 0.05) is 10.7 Å². The number of halogens is 1. The molecule has 0 aromatic heterocycles. The minimum atomic E-state index is -0.577. The first kappa shape index (κ1) is 17.8. The molecule has 126 valence electrons. The third-order valence-corrected chi connectivity index (χ3v) is 3.14. The van der Waals surface area contributed by atoms with Crippen LogP contribution in [0.15, 0.2) is 48.5 Å². The zero-order valence-corrected chi connectivity index (χ0v) is 14.2. The van der Waals surface area contributed by atoms with Gasteiger partial charge in [-0.05, 0) is 56.3 Å². The van der Waals surface area contributed by atoms with Crippen molar-refractivity contribution < 1.29 is 19.1 Å². The molecule has 1 amide bonds. The Morgan fingerprint density at radius 3 is 2.46 bits per heavy atom. The van der Waals surface area contributed by atoms with Gasteiger partial charge in [0.2, 0.25) is 0 Å². The zero-order chi connectivity index (χ0) is 17.5. The van der Waals surface area contributed by atoms with Crippen molar-refractivity contribution in [2.75, 3.05) is 11.9 Å². The van der Waals surface area contributed by atoms with E-state index < -0.39 is 11.9 Å². The highest BCUT2D eigenvalue weighted by molar-refractivity contribution is 6.30. The zero-order valence-electron chi connectivity index (χ0n) is 13.4. The monoisotopic (exact) mass is 347 g/mol. The van der Waals surface area contributed by atoms with Crippen LogP contribution in [-0.4, -0.2) is 24.6 Å². The number of carbonyl (C=O) groups excluding carboxylic acids is 2. The van der Waals surface area contributed by atoms with Gasteiger partial charge in [-0.3, -0.25) is 4.79 Å². The van der Waals surface area contributed by atoms with Crippen LogP contribution in [0.5, 0.6) is 5.75 Å². The summed E-state index contributed by atoms with van der Waals surface area (Å²) in [5.41, 5.74) is 0.889. The standard InChI is InChI=1S/C18H18ClNO4/c1-12(2)24-16-8-6-13(7-9-16)18(22)23-11-17(21)20-15-5-3-4-14(19)10-15/h3-10,12H,11H2,1-2H3,(H,20,21). The lowest BCUT2D eigenvalue weighted by Gasteiger charge is -2.10. The van der Waals surface area contributed by atoms with Gasteiger partial charge >= 0.3 is 5.97 Å². The summed E-state index contributed by atoms with van der Waals surface area (Å²) in [5, 5.41) is 3.11. The van der Waals surface area contributed by atoms with Crippen LogP contribution in [-0.2, 0) is 9.53 Å². The fraction of sp³-hybridized carbons (Fsp3) is 0.222. The molecule has 0 heterocycles. The quantitative estimate of drug-likeness (QED) is 0.804. The molecule has 0 aliphatic heterocycles. The summed E-state index contributed by atoms with van der Waals surface area (Å²) in [6.07, 6.45) is 0.0537. The van der Waals surface area contributed by atoms with Gasteiger partial charge in [-0.1, -0.05) is 17.7 Å². The second-order valence-electron chi connectivity index (χ2n) is 5.33. The molecule has 0 aliphatic rings. The molecule has 0 atom stereocenters. The van der Waals surface area contributed by atoms with E-state index in [-0.39, 0.29) is 12.7 Å². The smallest absolute Gasteiger partial charge is 0.338 e. The van der Waals surface area contributed by atoms with Crippen LogP contribution in [0.3, 0.4) is 0 Å². The average Bonchev–Trinajstić information content (AvgIpc) is 2.53. The molecule has 6 heteroatoms. The molecular formula is C18H18ClNO4. The molecule has 2 aromatic rings. The van der Waals surface area contributed by atoms with E-state index in [2.05, 4.69) is 5.32 Å². The highest BCUT2D eigenvalue weighted by Crippen LogP contribution is 2.16. The Labute approximate surface area is 145 Å². The van der Waals surface area contributed by atoms with E-state index >= 15 is 0 Å². The van der Waals surface area contributed by atoms with Crippen LogP contribution in [0.25, 0.3) is 0 Å². The lowest BCUT2D eigenvalue weighted by atomic mass is 10.2. The van der Waals surface area contributed by atoms with Crippen molar-refractivity contribution in [3.05, 3.63) is 59.1 Å². The molecular weight excluding hydrogens is 330 g/mol. The van der Waals surface area contributed by atoms with Gasteiger partial charge in [0.25, 0.3) is 5.91 Å². The first-order chi connectivity index (χ1) is 11.4. The number of hydrogen-bond donors (Lipinski definition) is 1. The maximum absolute atomic E-state index is 11.9. The van der Waals surface area contributed by atoms with Gasteiger partial charge in [0.1, 0.15) is 5.75 Å². The Morgan fingerprint density at radius 1 is 1.12 bits per heavy atom. The summed E-state index contributed by atoms with van der Waals surface area (Å²) in [5.74, 6) is -0.349. The third kappa shape index (κ3) is 5.59. The molecule has 0 bridgehead atoms. The molecule has 2 rings (SSSR count). The van der Waals surface area contributed by atoms with Crippen LogP contribution < -0.4 is 10.1 Å². The Hall–Kier alpha value is -2.53. The fourth-order valence-electron chi connectivity index (χ4n) is 1.92. The molecule has 0 radical (unpaired) electrons. The number of ether oxygens (including phenoxy) is 2. The Balaban J connectivity index is 1.85. The largest absolute Gasteiger partial charge is 0.491 e. The first-order valence-corrected chi connectivity index (χ1v) is 7.81. The Bertz CT molecular complexity index is 713. The number of rotatable bonds is 6. The van der Waals surface area contributed by atoms with Crippen molar-refractivity contribution in [1.29, 1.82) is 0 Å². The van der Waals surface area contributed by atoms with Crippen LogP contribution >= 0.6 is 11.6 Å². The molecule has 0 fully saturated rings. The molecule has 0 saturated carbocycles. The van der Waals surface area contributed by atoms with Crippen molar-refractivity contribution in [3.63, 3.8) is 0 Å².